The maximum atomic E-state index is 3.35. The Morgan fingerprint density at radius 3 is 2.69 bits per heavy atom. The predicted molar refractivity (Wildman–Crippen MR) is 57.6 cm³/mol. The van der Waals surface area contributed by atoms with E-state index in [1.54, 1.807) is 0 Å². The van der Waals surface area contributed by atoms with Crippen LogP contribution < -0.4 is 5.32 Å². The van der Waals surface area contributed by atoms with Crippen molar-refractivity contribution in [3.05, 3.63) is 42.3 Å². The molecule has 0 aliphatic carbocycles. The molecule has 0 spiro atoms. The molecule has 13 heavy (non-hydrogen) atoms. The van der Waals surface area contributed by atoms with Crippen LogP contribution in [0.2, 0.25) is 0 Å². The van der Waals surface area contributed by atoms with Crippen LogP contribution in [0.25, 0.3) is 0 Å². The van der Waals surface area contributed by atoms with E-state index in [2.05, 4.69) is 49.0 Å². The van der Waals surface area contributed by atoms with Gasteiger partial charge in [0.05, 0.1) is 0 Å². The Kier molecular flexibility index (Phi) is 5.27. The molecule has 0 amide bonds. The zero-order valence-corrected chi connectivity index (χ0v) is 8.29. The highest BCUT2D eigenvalue weighted by Crippen LogP contribution is 2.01. The first-order valence-corrected chi connectivity index (χ1v) is 4.96. The molecule has 1 rings (SSSR count). The summed E-state index contributed by atoms with van der Waals surface area (Å²) in [5.41, 5.74) is 1.43. The van der Waals surface area contributed by atoms with Crippen LogP contribution in [0, 0.1) is 6.42 Å². The van der Waals surface area contributed by atoms with E-state index in [9.17, 15) is 0 Å². The topological polar surface area (TPSA) is 12.0 Å². The maximum absolute atomic E-state index is 3.35. The molecule has 0 aliphatic heterocycles. The minimum Gasteiger partial charge on any atom is -0.316 e. The van der Waals surface area contributed by atoms with E-state index in [-0.39, 0.29) is 0 Å². The standard InChI is InChI=1S/C12H18N/c1-2-10-13-11-6-9-12-7-4-3-5-8-12/h2-5,7-8,13H,6,9-11H2,1H3. The van der Waals surface area contributed by atoms with Gasteiger partial charge in [-0.25, -0.2) is 0 Å². The summed E-state index contributed by atoms with van der Waals surface area (Å²) in [6, 6.07) is 10.6. The van der Waals surface area contributed by atoms with Gasteiger partial charge in [-0.3, -0.25) is 0 Å². The number of benzene rings is 1. The van der Waals surface area contributed by atoms with E-state index in [1.165, 1.54) is 18.4 Å². The van der Waals surface area contributed by atoms with Gasteiger partial charge >= 0.3 is 0 Å². The Balaban J connectivity index is 2.07. The Morgan fingerprint density at radius 2 is 2.00 bits per heavy atom. The van der Waals surface area contributed by atoms with E-state index in [1.807, 2.05) is 0 Å². The lowest BCUT2D eigenvalue weighted by molar-refractivity contribution is 0.679. The van der Waals surface area contributed by atoms with Gasteiger partial charge in [-0.2, -0.15) is 0 Å². The van der Waals surface area contributed by atoms with Gasteiger partial charge in [0.25, 0.3) is 0 Å². The largest absolute Gasteiger partial charge is 0.316 e. The maximum Gasteiger partial charge on any atom is -0.00201 e. The first-order chi connectivity index (χ1) is 6.43. The van der Waals surface area contributed by atoms with Crippen LogP contribution in [0.4, 0.5) is 0 Å². The van der Waals surface area contributed by atoms with Crippen molar-refractivity contribution >= 4 is 0 Å². The minimum absolute atomic E-state index is 1.02. The van der Waals surface area contributed by atoms with Gasteiger partial charge in [0.2, 0.25) is 0 Å². The lowest BCUT2D eigenvalue weighted by atomic mass is 10.1. The Labute approximate surface area is 81.2 Å². The molecule has 0 aliphatic rings. The highest BCUT2D eigenvalue weighted by Gasteiger charge is 1.90. The van der Waals surface area contributed by atoms with Gasteiger partial charge in [0.1, 0.15) is 0 Å². The summed E-state index contributed by atoms with van der Waals surface area (Å²) in [4.78, 5) is 0. The van der Waals surface area contributed by atoms with Crippen molar-refractivity contribution in [2.24, 2.45) is 0 Å². The second kappa shape index (κ2) is 6.67. The number of hydrogen-bond donors (Lipinski definition) is 1. The predicted octanol–water partition coefficient (Wildman–Crippen LogP) is 2.43. The van der Waals surface area contributed by atoms with E-state index in [0.29, 0.717) is 0 Å². The van der Waals surface area contributed by atoms with Gasteiger partial charge in [-0.15, -0.1) is 0 Å². The molecule has 1 radical (unpaired) electrons. The third-order valence-corrected chi connectivity index (χ3v) is 2.01. The summed E-state index contributed by atoms with van der Waals surface area (Å²) in [6.45, 7) is 4.21. The molecule has 0 unspecified atom stereocenters. The molecule has 0 heterocycles. The molecule has 0 saturated carbocycles. The van der Waals surface area contributed by atoms with Gasteiger partial charge in [0, 0.05) is 0 Å². The van der Waals surface area contributed by atoms with E-state index < -0.39 is 0 Å². The molecule has 0 atom stereocenters. The molecular formula is C12H18N. The molecule has 0 bridgehead atoms. The van der Waals surface area contributed by atoms with E-state index in [0.717, 1.165) is 13.1 Å². The molecular weight excluding hydrogens is 158 g/mol. The molecule has 0 aromatic heterocycles. The number of rotatable bonds is 6. The molecule has 1 aromatic carbocycles. The average Bonchev–Trinajstić information content (AvgIpc) is 2.19. The molecule has 0 saturated heterocycles. The molecule has 1 N–H and O–H groups in total. The van der Waals surface area contributed by atoms with E-state index in [4.69, 9.17) is 0 Å². The first kappa shape index (κ1) is 10.3. The van der Waals surface area contributed by atoms with Crippen molar-refractivity contribution in [1.82, 2.24) is 5.32 Å². The Bertz CT molecular complexity index is 206. The van der Waals surface area contributed by atoms with Crippen molar-refractivity contribution in [3.8, 4) is 0 Å². The number of nitrogens with one attached hydrogen (secondary N) is 1. The second-order valence-corrected chi connectivity index (χ2v) is 3.20. The minimum atomic E-state index is 1.02. The van der Waals surface area contributed by atoms with Gasteiger partial charge in [-0.05, 0) is 37.9 Å². The molecule has 71 valence electrons. The summed E-state index contributed by atoms with van der Waals surface area (Å²) in [5.74, 6) is 0. The summed E-state index contributed by atoms with van der Waals surface area (Å²) < 4.78 is 0. The van der Waals surface area contributed by atoms with Crippen LogP contribution in [-0.4, -0.2) is 13.1 Å². The summed E-state index contributed by atoms with van der Waals surface area (Å²) >= 11 is 0. The van der Waals surface area contributed by atoms with Crippen molar-refractivity contribution in [3.63, 3.8) is 0 Å². The van der Waals surface area contributed by atoms with Crippen LogP contribution in [-0.2, 0) is 6.42 Å². The zero-order chi connectivity index (χ0) is 9.36. The monoisotopic (exact) mass is 176 g/mol. The van der Waals surface area contributed by atoms with Crippen LogP contribution >= 0.6 is 0 Å². The molecule has 1 nitrogen and oxygen atoms in total. The van der Waals surface area contributed by atoms with Crippen LogP contribution in [0.15, 0.2) is 30.3 Å². The fraction of sp³-hybridized carbons (Fsp3) is 0.417. The molecule has 0 fully saturated rings. The van der Waals surface area contributed by atoms with Crippen LogP contribution in [0.1, 0.15) is 18.9 Å². The molecule has 1 heteroatoms. The fourth-order valence-corrected chi connectivity index (χ4v) is 1.31. The van der Waals surface area contributed by atoms with Gasteiger partial charge in [-0.1, -0.05) is 37.3 Å². The summed E-state index contributed by atoms with van der Waals surface area (Å²) in [6.07, 6.45) is 4.54. The van der Waals surface area contributed by atoms with Crippen LogP contribution in [0.5, 0.6) is 0 Å². The normalized spacial score (nSPS) is 10.2. The lowest BCUT2D eigenvalue weighted by Gasteiger charge is -2.02. The quantitative estimate of drug-likeness (QED) is 0.656. The van der Waals surface area contributed by atoms with E-state index >= 15 is 0 Å². The highest BCUT2D eigenvalue weighted by atomic mass is 14.8. The SMILES string of the molecule is C[CH]CNCCCc1ccccc1. The Hall–Kier alpha value is -0.820. The van der Waals surface area contributed by atoms with Crippen molar-refractivity contribution in [2.75, 3.05) is 13.1 Å². The van der Waals surface area contributed by atoms with Crippen molar-refractivity contribution in [1.29, 1.82) is 0 Å². The van der Waals surface area contributed by atoms with Crippen molar-refractivity contribution < 1.29 is 0 Å². The number of aryl methyl sites for hydroxylation is 1. The number of hydrogen-bond acceptors (Lipinski definition) is 1. The van der Waals surface area contributed by atoms with Crippen molar-refractivity contribution in [2.45, 2.75) is 19.8 Å². The summed E-state index contributed by atoms with van der Waals surface area (Å²) in [5, 5.41) is 3.35. The first-order valence-electron chi connectivity index (χ1n) is 4.96. The third kappa shape index (κ3) is 4.69. The second-order valence-electron chi connectivity index (χ2n) is 3.20. The average molecular weight is 176 g/mol. The van der Waals surface area contributed by atoms with Gasteiger partial charge < -0.3 is 5.32 Å². The lowest BCUT2D eigenvalue weighted by Crippen LogP contribution is -2.16. The summed E-state index contributed by atoms with van der Waals surface area (Å²) in [7, 11) is 0. The Morgan fingerprint density at radius 1 is 1.23 bits per heavy atom. The highest BCUT2D eigenvalue weighted by molar-refractivity contribution is 5.14. The zero-order valence-electron chi connectivity index (χ0n) is 8.29. The third-order valence-electron chi connectivity index (χ3n) is 2.01. The van der Waals surface area contributed by atoms with Crippen LogP contribution in [0.3, 0.4) is 0 Å². The smallest absolute Gasteiger partial charge is 0.00201 e. The molecule has 1 aromatic rings. The van der Waals surface area contributed by atoms with Gasteiger partial charge in [0.15, 0.2) is 0 Å². The fourth-order valence-electron chi connectivity index (χ4n) is 1.31.